The van der Waals surface area contributed by atoms with Crippen molar-refractivity contribution in [2.24, 2.45) is 10.3 Å². The van der Waals surface area contributed by atoms with Crippen LogP contribution < -0.4 is 0 Å². The second-order valence-electron chi connectivity index (χ2n) is 2.17. The lowest BCUT2D eigenvalue weighted by Gasteiger charge is -1.95. The van der Waals surface area contributed by atoms with Crippen molar-refractivity contribution in [2.75, 3.05) is 0 Å². The van der Waals surface area contributed by atoms with E-state index in [9.17, 15) is 0 Å². The zero-order valence-corrected chi connectivity index (χ0v) is 6.20. The summed E-state index contributed by atoms with van der Waals surface area (Å²) in [5.41, 5.74) is 1.28. The topological polar surface area (TPSA) is 65.2 Å². The lowest BCUT2D eigenvalue weighted by molar-refractivity contribution is 0.315. The lowest BCUT2D eigenvalue weighted by Crippen LogP contribution is -1.97. The molecule has 0 aromatic heterocycles. The Kier molecular flexibility index (Phi) is 4.28. The highest BCUT2D eigenvalue weighted by atomic mass is 16.4. The molecule has 0 heterocycles. The lowest BCUT2D eigenvalue weighted by atomic mass is 10.2. The highest BCUT2D eigenvalue weighted by Crippen LogP contribution is 1.94. The third kappa shape index (κ3) is 3.88. The molecule has 0 amide bonds. The van der Waals surface area contributed by atoms with Crippen molar-refractivity contribution >= 4 is 11.4 Å². The minimum Gasteiger partial charge on any atom is -0.411 e. The van der Waals surface area contributed by atoms with Crippen molar-refractivity contribution in [3.63, 3.8) is 0 Å². The normalized spacial score (nSPS) is 13.8. The van der Waals surface area contributed by atoms with Gasteiger partial charge in [-0.1, -0.05) is 10.3 Å². The Morgan fingerprint density at radius 3 is 1.50 bits per heavy atom. The highest BCUT2D eigenvalue weighted by Gasteiger charge is 1.94. The Bertz CT molecular complexity index is 134. The first-order valence-corrected chi connectivity index (χ1v) is 3.05. The van der Waals surface area contributed by atoms with Gasteiger partial charge in [0.05, 0.1) is 11.4 Å². The molecule has 0 aromatic rings. The van der Waals surface area contributed by atoms with Crippen LogP contribution in [0.4, 0.5) is 0 Å². The second kappa shape index (κ2) is 4.78. The summed E-state index contributed by atoms with van der Waals surface area (Å²) in [4.78, 5) is 0. The van der Waals surface area contributed by atoms with Crippen molar-refractivity contribution in [3.8, 4) is 0 Å². The van der Waals surface area contributed by atoms with Gasteiger partial charge in [0, 0.05) is 0 Å². The average Bonchev–Trinajstić information content (AvgIpc) is 1.99. The number of oxime groups is 2. The van der Waals surface area contributed by atoms with Crippen LogP contribution in [0.15, 0.2) is 10.3 Å². The van der Waals surface area contributed by atoms with Gasteiger partial charge in [-0.25, -0.2) is 0 Å². The minimum atomic E-state index is 0.631. The first kappa shape index (κ1) is 8.94. The maximum atomic E-state index is 8.21. The number of hydrogen-bond acceptors (Lipinski definition) is 4. The molecule has 58 valence electrons. The number of rotatable bonds is 3. The summed E-state index contributed by atoms with van der Waals surface area (Å²) in [7, 11) is 0. The van der Waals surface area contributed by atoms with Crippen molar-refractivity contribution in [2.45, 2.75) is 26.7 Å². The van der Waals surface area contributed by atoms with E-state index in [1.54, 1.807) is 13.8 Å². The van der Waals surface area contributed by atoms with E-state index in [1.807, 2.05) is 0 Å². The van der Waals surface area contributed by atoms with E-state index in [-0.39, 0.29) is 0 Å². The third-order valence-electron chi connectivity index (χ3n) is 1.19. The zero-order valence-electron chi connectivity index (χ0n) is 6.20. The second-order valence-corrected chi connectivity index (χ2v) is 2.17. The van der Waals surface area contributed by atoms with Crippen LogP contribution in [0.3, 0.4) is 0 Å². The van der Waals surface area contributed by atoms with Crippen LogP contribution in [0.2, 0.25) is 0 Å². The molecule has 0 saturated heterocycles. The standard InChI is InChI=1S/C6H12N2O2/c1-5(7-9)3-4-6(2)8-10/h9-10H,3-4H2,1-2H3/b7-5-,8-6-. The van der Waals surface area contributed by atoms with Gasteiger partial charge < -0.3 is 10.4 Å². The summed E-state index contributed by atoms with van der Waals surface area (Å²) < 4.78 is 0. The molecule has 0 bridgehead atoms. The fourth-order valence-corrected chi connectivity index (χ4v) is 0.462. The monoisotopic (exact) mass is 144 g/mol. The molecule has 2 N–H and O–H groups in total. The molecule has 0 atom stereocenters. The summed E-state index contributed by atoms with van der Waals surface area (Å²) in [6.07, 6.45) is 1.26. The minimum absolute atomic E-state index is 0.631. The fourth-order valence-electron chi connectivity index (χ4n) is 0.462. The highest BCUT2D eigenvalue weighted by molar-refractivity contribution is 5.88. The molecule has 0 aliphatic heterocycles. The maximum absolute atomic E-state index is 8.21. The van der Waals surface area contributed by atoms with Gasteiger partial charge in [-0.05, 0) is 26.7 Å². The molecule has 0 unspecified atom stereocenters. The van der Waals surface area contributed by atoms with E-state index >= 15 is 0 Å². The van der Waals surface area contributed by atoms with Crippen molar-refractivity contribution in [1.82, 2.24) is 0 Å². The van der Waals surface area contributed by atoms with Crippen LogP contribution in [0.5, 0.6) is 0 Å². The molecule has 0 rings (SSSR count). The van der Waals surface area contributed by atoms with Gasteiger partial charge in [0.25, 0.3) is 0 Å². The molecule has 0 saturated carbocycles. The van der Waals surface area contributed by atoms with Gasteiger partial charge in [-0.15, -0.1) is 0 Å². The maximum Gasteiger partial charge on any atom is 0.0543 e. The smallest absolute Gasteiger partial charge is 0.0543 e. The summed E-state index contributed by atoms with van der Waals surface area (Å²) in [6.45, 7) is 3.43. The molecular weight excluding hydrogens is 132 g/mol. The molecule has 4 heteroatoms. The van der Waals surface area contributed by atoms with Crippen molar-refractivity contribution in [1.29, 1.82) is 0 Å². The van der Waals surface area contributed by atoms with Crippen LogP contribution >= 0.6 is 0 Å². The van der Waals surface area contributed by atoms with Gasteiger partial charge in [0.2, 0.25) is 0 Å². The van der Waals surface area contributed by atoms with Crippen molar-refractivity contribution < 1.29 is 10.4 Å². The summed E-state index contributed by atoms with van der Waals surface area (Å²) in [6, 6.07) is 0. The van der Waals surface area contributed by atoms with Gasteiger partial charge in [-0.3, -0.25) is 0 Å². The van der Waals surface area contributed by atoms with Crippen LogP contribution in [-0.2, 0) is 0 Å². The molecule has 4 nitrogen and oxygen atoms in total. The number of hydrogen-bond donors (Lipinski definition) is 2. The van der Waals surface area contributed by atoms with Gasteiger partial charge in [-0.2, -0.15) is 0 Å². The molecule has 0 radical (unpaired) electrons. The molecule has 0 spiro atoms. The summed E-state index contributed by atoms with van der Waals surface area (Å²) in [5, 5.41) is 22.4. The Morgan fingerprint density at radius 1 is 1.00 bits per heavy atom. The van der Waals surface area contributed by atoms with Crippen LogP contribution in [0.1, 0.15) is 26.7 Å². The summed E-state index contributed by atoms with van der Waals surface area (Å²) >= 11 is 0. The Labute approximate surface area is 59.9 Å². The van der Waals surface area contributed by atoms with Gasteiger partial charge in [0.15, 0.2) is 0 Å². The van der Waals surface area contributed by atoms with E-state index in [2.05, 4.69) is 10.3 Å². The molecule has 0 aliphatic rings. The van der Waals surface area contributed by atoms with Crippen LogP contribution in [0, 0.1) is 0 Å². The van der Waals surface area contributed by atoms with Gasteiger partial charge in [0.1, 0.15) is 0 Å². The van der Waals surface area contributed by atoms with E-state index in [4.69, 9.17) is 10.4 Å². The Hall–Kier alpha value is -1.06. The summed E-state index contributed by atoms with van der Waals surface area (Å²) in [5.74, 6) is 0. The largest absolute Gasteiger partial charge is 0.411 e. The number of nitrogens with zero attached hydrogens (tertiary/aromatic N) is 2. The third-order valence-corrected chi connectivity index (χ3v) is 1.19. The SMILES string of the molecule is C/C(CC/C(C)=N\O)=N/O. The molecule has 0 fully saturated rings. The first-order valence-electron chi connectivity index (χ1n) is 3.05. The fraction of sp³-hybridized carbons (Fsp3) is 0.667. The predicted molar refractivity (Wildman–Crippen MR) is 39.0 cm³/mol. The Balaban J connectivity index is 3.56. The van der Waals surface area contributed by atoms with Gasteiger partial charge >= 0.3 is 0 Å². The molecule has 10 heavy (non-hydrogen) atoms. The molecular formula is C6H12N2O2. The van der Waals surface area contributed by atoms with E-state index in [1.165, 1.54) is 0 Å². The van der Waals surface area contributed by atoms with E-state index in [0.29, 0.717) is 24.3 Å². The average molecular weight is 144 g/mol. The van der Waals surface area contributed by atoms with E-state index in [0.717, 1.165) is 0 Å². The molecule has 0 aliphatic carbocycles. The predicted octanol–water partition coefficient (Wildman–Crippen LogP) is 1.47. The first-order chi connectivity index (χ1) is 4.70. The van der Waals surface area contributed by atoms with E-state index < -0.39 is 0 Å². The molecule has 0 aromatic carbocycles. The van der Waals surface area contributed by atoms with Crippen molar-refractivity contribution in [3.05, 3.63) is 0 Å². The quantitative estimate of drug-likeness (QED) is 0.358. The van der Waals surface area contributed by atoms with Crippen LogP contribution in [0.25, 0.3) is 0 Å². The zero-order chi connectivity index (χ0) is 7.98. The van der Waals surface area contributed by atoms with Crippen LogP contribution in [-0.4, -0.2) is 21.8 Å². The Morgan fingerprint density at radius 2 is 1.30 bits per heavy atom.